The molecular formula is C23H14S. The normalized spacial score (nSPS) is 12.8. The molecule has 0 radical (unpaired) electrons. The van der Waals surface area contributed by atoms with Crippen molar-refractivity contribution in [1.82, 2.24) is 0 Å². The highest BCUT2D eigenvalue weighted by Gasteiger charge is 2.21. The first-order valence-corrected chi connectivity index (χ1v) is 9.16. The lowest BCUT2D eigenvalue weighted by Crippen LogP contribution is -1.84. The minimum Gasteiger partial charge on any atom is -0.135 e. The van der Waals surface area contributed by atoms with Crippen molar-refractivity contribution >= 4 is 42.3 Å². The van der Waals surface area contributed by atoms with Crippen LogP contribution in [0.4, 0.5) is 0 Å². The van der Waals surface area contributed by atoms with E-state index in [1.54, 1.807) is 0 Å². The maximum absolute atomic E-state index is 2.33. The van der Waals surface area contributed by atoms with Crippen LogP contribution >= 0.6 is 11.3 Å². The van der Waals surface area contributed by atoms with Crippen LogP contribution in [0.25, 0.3) is 42.1 Å². The molecule has 0 aliphatic heterocycles. The van der Waals surface area contributed by atoms with E-state index in [4.69, 9.17) is 0 Å². The van der Waals surface area contributed by atoms with Crippen molar-refractivity contribution in [2.45, 2.75) is 6.42 Å². The molecule has 0 nitrogen and oxygen atoms in total. The van der Waals surface area contributed by atoms with Gasteiger partial charge < -0.3 is 0 Å². The van der Waals surface area contributed by atoms with E-state index in [-0.39, 0.29) is 0 Å². The molecule has 0 fully saturated rings. The van der Waals surface area contributed by atoms with Gasteiger partial charge in [0.2, 0.25) is 0 Å². The molecular weight excluding hydrogens is 308 g/mol. The molecule has 24 heavy (non-hydrogen) atoms. The van der Waals surface area contributed by atoms with Crippen LogP contribution in [-0.2, 0) is 6.42 Å². The zero-order valence-electron chi connectivity index (χ0n) is 13.0. The Hall–Kier alpha value is -2.64. The summed E-state index contributed by atoms with van der Waals surface area (Å²) in [6, 6.07) is 26.9. The van der Waals surface area contributed by atoms with Gasteiger partial charge in [-0.05, 0) is 45.5 Å². The molecule has 1 aromatic heterocycles. The van der Waals surface area contributed by atoms with Crippen LogP contribution < -0.4 is 0 Å². The van der Waals surface area contributed by atoms with E-state index >= 15 is 0 Å². The van der Waals surface area contributed by atoms with Crippen molar-refractivity contribution < 1.29 is 0 Å². The Labute approximate surface area is 144 Å². The Balaban J connectivity index is 1.75. The average molecular weight is 322 g/mol. The molecule has 6 rings (SSSR count). The fraction of sp³-hybridized carbons (Fsp3) is 0.0435. The number of hydrogen-bond acceptors (Lipinski definition) is 1. The first kappa shape index (κ1) is 12.7. The lowest BCUT2D eigenvalue weighted by molar-refractivity contribution is 1.28. The summed E-state index contributed by atoms with van der Waals surface area (Å²) in [5.41, 5.74) is 5.77. The van der Waals surface area contributed by atoms with Gasteiger partial charge in [-0.2, -0.15) is 0 Å². The molecule has 0 unspecified atom stereocenters. The third-order valence-electron chi connectivity index (χ3n) is 5.33. The van der Waals surface area contributed by atoms with Crippen molar-refractivity contribution in [3.05, 3.63) is 83.9 Å². The molecule has 1 heterocycles. The Morgan fingerprint density at radius 3 is 2.33 bits per heavy atom. The second-order valence-corrected chi connectivity index (χ2v) is 7.61. The maximum atomic E-state index is 2.33. The largest absolute Gasteiger partial charge is 0.135 e. The molecule has 0 spiro atoms. The van der Waals surface area contributed by atoms with Gasteiger partial charge in [0.05, 0.1) is 0 Å². The van der Waals surface area contributed by atoms with E-state index in [1.165, 1.54) is 53.2 Å². The fourth-order valence-corrected chi connectivity index (χ4v) is 5.45. The molecule has 0 bridgehead atoms. The standard InChI is InChI=1S/C23H14S/c1-2-6-15-14(5-1)13-21-16(15)9-11-19-17(21)10-12-20-18-7-3-4-8-22(18)24-23(19)20/h1-12H,13H2. The molecule has 0 saturated carbocycles. The number of hydrogen-bond donors (Lipinski definition) is 0. The monoisotopic (exact) mass is 322 g/mol. The summed E-state index contributed by atoms with van der Waals surface area (Å²) in [5.74, 6) is 0. The van der Waals surface area contributed by atoms with Crippen molar-refractivity contribution in [2.75, 3.05) is 0 Å². The maximum Gasteiger partial charge on any atom is 0.0433 e. The van der Waals surface area contributed by atoms with E-state index in [1.807, 2.05) is 11.3 Å². The Morgan fingerprint density at radius 2 is 1.33 bits per heavy atom. The van der Waals surface area contributed by atoms with Gasteiger partial charge in [-0.15, -0.1) is 11.3 Å². The van der Waals surface area contributed by atoms with Crippen molar-refractivity contribution in [2.24, 2.45) is 0 Å². The molecule has 5 aromatic rings. The Kier molecular flexibility index (Phi) is 2.37. The van der Waals surface area contributed by atoms with Gasteiger partial charge in [0.25, 0.3) is 0 Å². The second-order valence-electron chi connectivity index (χ2n) is 6.56. The Morgan fingerprint density at radius 1 is 0.583 bits per heavy atom. The summed E-state index contributed by atoms with van der Waals surface area (Å²) < 4.78 is 2.80. The summed E-state index contributed by atoms with van der Waals surface area (Å²) in [4.78, 5) is 0. The zero-order chi connectivity index (χ0) is 15.7. The van der Waals surface area contributed by atoms with Crippen molar-refractivity contribution in [1.29, 1.82) is 0 Å². The second kappa shape index (κ2) is 4.46. The molecule has 1 heteroatoms. The summed E-state index contributed by atoms with van der Waals surface area (Å²) in [7, 11) is 0. The summed E-state index contributed by atoms with van der Waals surface area (Å²) >= 11 is 1.92. The van der Waals surface area contributed by atoms with Gasteiger partial charge in [-0.3, -0.25) is 0 Å². The fourth-order valence-electron chi connectivity index (χ4n) is 4.22. The van der Waals surface area contributed by atoms with Crippen LogP contribution in [0.3, 0.4) is 0 Å². The Bertz CT molecular complexity index is 1270. The minimum absolute atomic E-state index is 1.05. The third-order valence-corrected chi connectivity index (χ3v) is 6.55. The van der Waals surface area contributed by atoms with Crippen molar-refractivity contribution in [3.8, 4) is 11.1 Å². The lowest BCUT2D eigenvalue weighted by atomic mass is 9.98. The minimum atomic E-state index is 1.05. The topological polar surface area (TPSA) is 0 Å². The quantitative estimate of drug-likeness (QED) is 0.289. The molecule has 0 amide bonds. The molecule has 0 saturated heterocycles. The number of rotatable bonds is 0. The van der Waals surface area contributed by atoms with Crippen LogP contribution in [0.2, 0.25) is 0 Å². The highest BCUT2D eigenvalue weighted by Crippen LogP contribution is 2.44. The van der Waals surface area contributed by atoms with Crippen LogP contribution in [0.15, 0.2) is 72.8 Å². The van der Waals surface area contributed by atoms with E-state index in [0.717, 1.165) is 6.42 Å². The van der Waals surface area contributed by atoms with E-state index in [9.17, 15) is 0 Å². The molecule has 1 aliphatic carbocycles. The number of thiophene rings is 1. The predicted octanol–water partition coefficient (Wildman–Crippen LogP) is 6.78. The van der Waals surface area contributed by atoms with Crippen LogP contribution in [0.5, 0.6) is 0 Å². The SMILES string of the molecule is c1ccc2c(c1)Cc1c-2ccc2c1ccc1c3ccccc3sc21. The first-order valence-electron chi connectivity index (χ1n) is 8.34. The van der Waals surface area contributed by atoms with Gasteiger partial charge in [0.15, 0.2) is 0 Å². The summed E-state index contributed by atoms with van der Waals surface area (Å²) in [6.07, 6.45) is 1.05. The highest BCUT2D eigenvalue weighted by molar-refractivity contribution is 7.26. The zero-order valence-corrected chi connectivity index (χ0v) is 13.9. The van der Waals surface area contributed by atoms with Crippen LogP contribution in [0.1, 0.15) is 11.1 Å². The average Bonchev–Trinajstić information content (AvgIpc) is 3.20. The molecule has 0 atom stereocenters. The molecule has 4 aromatic carbocycles. The van der Waals surface area contributed by atoms with Crippen LogP contribution in [0, 0.1) is 0 Å². The summed E-state index contributed by atoms with van der Waals surface area (Å²) in [6.45, 7) is 0. The molecule has 112 valence electrons. The van der Waals surface area contributed by atoms with Gasteiger partial charge in [-0.25, -0.2) is 0 Å². The van der Waals surface area contributed by atoms with E-state index in [2.05, 4.69) is 72.8 Å². The predicted molar refractivity (Wildman–Crippen MR) is 105 cm³/mol. The smallest absolute Gasteiger partial charge is 0.0433 e. The lowest BCUT2D eigenvalue weighted by Gasteiger charge is -2.07. The number of benzene rings is 4. The first-order chi connectivity index (χ1) is 11.9. The van der Waals surface area contributed by atoms with Crippen molar-refractivity contribution in [3.63, 3.8) is 0 Å². The third kappa shape index (κ3) is 1.53. The van der Waals surface area contributed by atoms with Gasteiger partial charge in [0, 0.05) is 20.2 Å². The van der Waals surface area contributed by atoms with E-state index < -0.39 is 0 Å². The van der Waals surface area contributed by atoms with Crippen LogP contribution in [-0.4, -0.2) is 0 Å². The molecule has 1 aliphatic rings. The van der Waals surface area contributed by atoms with Gasteiger partial charge in [-0.1, -0.05) is 66.7 Å². The summed E-state index contributed by atoms with van der Waals surface area (Å²) in [5, 5.41) is 5.59. The highest BCUT2D eigenvalue weighted by atomic mass is 32.1. The number of fused-ring (bicyclic) bond motifs is 9. The van der Waals surface area contributed by atoms with E-state index in [0.29, 0.717) is 0 Å². The molecule has 0 N–H and O–H groups in total. The van der Waals surface area contributed by atoms with Gasteiger partial charge in [0.1, 0.15) is 0 Å². The van der Waals surface area contributed by atoms with Gasteiger partial charge >= 0.3 is 0 Å².